The lowest BCUT2D eigenvalue weighted by Crippen LogP contribution is -2.60. The van der Waals surface area contributed by atoms with Gasteiger partial charge in [0.1, 0.15) is 5.82 Å². The maximum Gasteiger partial charge on any atom is 0.225 e. The van der Waals surface area contributed by atoms with Crippen LogP contribution in [0, 0.1) is 0 Å². The molecule has 1 atom stereocenters. The topological polar surface area (TPSA) is 75.9 Å². The maximum atomic E-state index is 12.5. The molecule has 0 aliphatic carbocycles. The second kappa shape index (κ2) is 6.74. The van der Waals surface area contributed by atoms with Crippen molar-refractivity contribution >= 4 is 17.4 Å². The lowest BCUT2D eigenvalue weighted by atomic mass is 9.96. The molecule has 0 saturated carbocycles. The molecule has 0 radical (unpaired) electrons. The number of nitrogens with zero attached hydrogens (tertiary/aromatic N) is 6. The van der Waals surface area contributed by atoms with Gasteiger partial charge in [-0.3, -0.25) is 4.79 Å². The number of carbonyl (C=O) groups excluding carboxylic acids is 1. The van der Waals surface area contributed by atoms with Gasteiger partial charge in [0.05, 0.1) is 18.6 Å². The van der Waals surface area contributed by atoms with E-state index in [0.717, 1.165) is 49.8 Å². The minimum absolute atomic E-state index is 0.102. The summed E-state index contributed by atoms with van der Waals surface area (Å²) in [5.74, 6) is 1.91. The Balaban J connectivity index is 1.40. The minimum atomic E-state index is -0.128. The molecule has 0 spiro atoms. The first kappa shape index (κ1) is 18.2. The Morgan fingerprint density at radius 3 is 2.74 bits per heavy atom. The lowest BCUT2D eigenvalue weighted by Gasteiger charge is -2.44. The van der Waals surface area contributed by atoms with E-state index in [0.29, 0.717) is 6.42 Å². The summed E-state index contributed by atoms with van der Waals surface area (Å²) in [7, 11) is 1.90. The molecule has 2 aromatic rings. The number of likely N-dealkylation sites (N-methyl/N-ethyl adjacent to an activating group) is 1. The monoisotopic (exact) mass is 372 g/mol. The van der Waals surface area contributed by atoms with Crippen LogP contribution >= 0.6 is 0 Å². The normalized spacial score (nSPS) is 20.9. The van der Waals surface area contributed by atoms with Crippen LogP contribution in [-0.2, 0) is 14.9 Å². The van der Waals surface area contributed by atoms with E-state index in [4.69, 9.17) is 9.84 Å². The van der Waals surface area contributed by atoms with Crippen LogP contribution in [0.25, 0.3) is 5.65 Å². The highest BCUT2D eigenvalue weighted by Crippen LogP contribution is 2.25. The summed E-state index contributed by atoms with van der Waals surface area (Å²) in [5, 5.41) is 13.2. The lowest BCUT2D eigenvalue weighted by molar-refractivity contribution is -0.134. The molecular weight excluding hydrogens is 344 g/mol. The van der Waals surface area contributed by atoms with Crippen molar-refractivity contribution < 1.29 is 9.53 Å². The number of ether oxygens (including phenoxy) is 1. The fraction of sp³-hybridized carbons (Fsp3) is 0.684. The molecule has 2 aromatic heterocycles. The van der Waals surface area contributed by atoms with E-state index in [2.05, 4.69) is 35.9 Å². The summed E-state index contributed by atoms with van der Waals surface area (Å²) < 4.78 is 7.41. The van der Waals surface area contributed by atoms with Crippen LogP contribution in [0.4, 0.5) is 5.82 Å². The van der Waals surface area contributed by atoms with Gasteiger partial charge in [-0.15, -0.1) is 15.3 Å². The Morgan fingerprint density at radius 2 is 2.07 bits per heavy atom. The Labute approximate surface area is 159 Å². The Kier molecular flexibility index (Phi) is 4.53. The molecule has 1 amide bonds. The van der Waals surface area contributed by atoms with E-state index in [9.17, 15) is 4.79 Å². The van der Waals surface area contributed by atoms with Crippen LogP contribution in [-0.4, -0.2) is 69.5 Å². The number of rotatable bonds is 4. The van der Waals surface area contributed by atoms with Crippen molar-refractivity contribution in [3.8, 4) is 0 Å². The zero-order valence-corrected chi connectivity index (χ0v) is 16.6. The zero-order valence-electron chi connectivity index (χ0n) is 16.6. The molecule has 0 N–H and O–H groups in total. The predicted octanol–water partition coefficient (Wildman–Crippen LogP) is 1.64. The first-order valence-corrected chi connectivity index (χ1v) is 9.68. The van der Waals surface area contributed by atoms with Crippen LogP contribution in [0.2, 0.25) is 0 Å². The summed E-state index contributed by atoms with van der Waals surface area (Å²) in [5.41, 5.74) is 0.627. The van der Waals surface area contributed by atoms with Crippen LogP contribution in [0.5, 0.6) is 0 Å². The van der Waals surface area contributed by atoms with Crippen molar-refractivity contribution in [1.82, 2.24) is 24.7 Å². The zero-order chi connectivity index (χ0) is 19.2. The highest BCUT2D eigenvalue weighted by Gasteiger charge is 2.34. The Hall–Kier alpha value is -2.22. The minimum Gasteiger partial charge on any atom is -0.378 e. The second-order valence-electron chi connectivity index (χ2n) is 8.64. The number of hydrogen-bond donors (Lipinski definition) is 0. The number of amides is 1. The van der Waals surface area contributed by atoms with Gasteiger partial charge in [-0.25, -0.2) is 0 Å². The van der Waals surface area contributed by atoms with Crippen molar-refractivity contribution in [2.45, 2.75) is 57.6 Å². The van der Waals surface area contributed by atoms with Crippen molar-refractivity contribution in [3.05, 3.63) is 18.0 Å². The third-order valence-electron chi connectivity index (χ3n) is 5.47. The largest absolute Gasteiger partial charge is 0.378 e. The van der Waals surface area contributed by atoms with Gasteiger partial charge in [0.2, 0.25) is 5.91 Å². The average Bonchev–Trinajstić information content (AvgIpc) is 3.21. The summed E-state index contributed by atoms with van der Waals surface area (Å²) in [6, 6.07) is 4.14. The van der Waals surface area contributed by atoms with Crippen LogP contribution in [0.3, 0.4) is 0 Å². The van der Waals surface area contributed by atoms with Crippen molar-refractivity contribution in [2.75, 3.05) is 31.6 Å². The van der Waals surface area contributed by atoms with Gasteiger partial charge in [-0.2, -0.15) is 4.52 Å². The van der Waals surface area contributed by atoms with Crippen molar-refractivity contribution in [2.24, 2.45) is 0 Å². The van der Waals surface area contributed by atoms with Gasteiger partial charge in [-0.05, 0) is 25.0 Å². The number of carbonyl (C=O) groups is 1. The maximum absolute atomic E-state index is 12.5. The standard InChI is InChI=1S/C19H28N6O2/c1-19(2,3)18-21-20-15-7-8-16(22-25(15)18)24-11-13(12-24)23(4)17(26)10-14-6-5-9-27-14/h7-8,13-14H,5-6,9-12H2,1-4H3. The summed E-state index contributed by atoms with van der Waals surface area (Å²) in [6.07, 6.45) is 2.65. The van der Waals surface area contributed by atoms with E-state index in [1.165, 1.54) is 0 Å². The smallest absolute Gasteiger partial charge is 0.225 e. The summed E-state index contributed by atoms with van der Waals surface area (Å²) in [4.78, 5) is 16.5. The van der Waals surface area contributed by atoms with Crippen LogP contribution in [0.15, 0.2) is 12.1 Å². The van der Waals surface area contributed by atoms with Crippen LogP contribution < -0.4 is 4.90 Å². The molecule has 8 heteroatoms. The number of hydrogen-bond acceptors (Lipinski definition) is 6. The fourth-order valence-electron chi connectivity index (χ4n) is 3.65. The van der Waals surface area contributed by atoms with E-state index in [-0.39, 0.29) is 23.5 Å². The quantitative estimate of drug-likeness (QED) is 0.812. The van der Waals surface area contributed by atoms with E-state index < -0.39 is 0 Å². The van der Waals surface area contributed by atoms with E-state index in [1.54, 1.807) is 0 Å². The van der Waals surface area contributed by atoms with Crippen LogP contribution in [0.1, 0.15) is 45.9 Å². The average molecular weight is 372 g/mol. The molecule has 146 valence electrons. The molecule has 2 aliphatic rings. The molecule has 8 nitrogen and oxygen atoms in total. The molecule has 0 bridgehead atoms. The summed E-state index contributed by atoms with van der Waals surface area (Å²) >= 11 is 0. The van der Waals surface area contributed by atoms with Crippen molar-refractivity contribution in [3.63, 3.8) is 0 Å². The van der Waals surface area contributed by atoms with Gasteiger partial charge in [0.25, 0.3) is 0 Å². The SMILES string of the molecule is CN(C(=O)CC1CCCO1)C1CN(c2ccc3nnc(C(C)(C)C)n3n2)C1. The first-order chi connectivity index (χ1) is 12.8. The molecule has 0 aromatic carbocycles. The number of fused-ring (bicyclic) bond motifs is 1. The predicted molar refractivity (Wildman–Crippen MR) is 102 cm³/mol. The Bertz CT molecular complexity index is 830. The molecular formula is C19H28N6O2. The number of aromatic nitrogens is 4. The third-order valence-corrected chi connectivity index (χ3v) is 5.47. The highest BCUT2D eigenvalue weighted by molar-refractivity contribution is 5.77. The van der Waals surface area contributed by atoms with Gasteiger partial charge in [-0.1, -0.05) is 20.8 Å². The van der Waals surface area contributed by atoms with Gasteiger partial charge < -0.3 is 14.5 Å². The highest BCUT2D eigenvalue weighted by atomic mass is 16.5. The molecule has 4 rings (SSSR count). The first-order valence-electron chi connectivity index (χ1n) is 9.68. The number of anilines is 1. The molecule has 4 heterocycles. The fourth-order valence-corrected chi connectivity index (χ4v) is 3.65. The Morgan fingerprint density at radius 1 is 1.30 bits per heavy atom. The summed E-state index contributed by atoms with van der Waals surface area (Å²) in [6.45, 7) is 8.68. The molecule has 27 heavy (non-hydrogen) atoms. The van der Waals surface area contributed by atoms with Crippen molar-refractivity contribution in [1.29, 1.82) is 0 Å². The second-order valence-corrected chi connectivity index (χ2v) is 8.64. The third kappa shape index (κ3) is 3.50. The molecule has 2 saturated heterocycles. The molecule has 1 unspecified atom stereocenters. The van der Waals surface area contributed by atoms with Gasteiger partial charge in [0.15, 0.2) is 11.5 Å². The van der Waals surface area contributed by atoms with Gasteiger partial charge in [0, 0.05) is 32.2 Å². The van der Waals surface area contributed by atoms with E-state index in [1.807, 2.05) is 28.6 Å². The van der Waals surface area contributed by atoms with E-state index >= 15 is 0 Å². The molecule has 2 fully saturated rings. The van der Waals surface area contributed by atoms with Gasteiger partial charge >= 0.3 is 0 Å². The molecule has 2 aliphatic heterocycles.